The van der Waals surface area contributed by atoms with E-state index in [1.807, 2.05) is 24.3 Å². The zero-order valence-corrected chi connectivity index (χ0v) is 22.5. The lowest BCUT2D eigenvalue weighted by Gasteiger charge is -2.34. The normalized spacial score (nSPS) is 17.8. The van der Waals surface area contributed by atoms with Crippen LogP contribution < -0.4 is 34.2 Å². The van der Waals surface area contributed by atoms with Crippen LogP contribution in [0.2, 0.25) is 0 Å². The predicted octanol–water partition coefficient (Wildman–Crippen LogP) is 5.07. The van der Waals surface area contributed by atoms with Gasteiger partial charge < -0.3 is 38.9 Å². The Bertz CT molecular complexity index is 1370. The summed E-state index contributed by atoms with van der Waals surface area (Å²) in [7, 11) is 9.40. The average molecular weight is 521 g/mol. The summed E-state index contributed by atoms with van der Waals surface area (Å²) in [4.78, 5) is 0. The maximum absolute atomic E-state index is 10.1. The quantitative estimate of drug-likeness (QED) is 0.510. The van der Waals surface area contributed by atoms with Crippen LogP contribution in [-0.4, -0.2) is 42.7 Å². The number of nitrogens with zero attached hydrogens (tertiary/aromatic N) is 1. The number of methoxy groups -OCH3 is 6. The van der Waals surface area contributed by atoms with E-state index in [4.69, 9.17) is 38.9 Å². The number of allylic oxidation sites excluding steroid dienone is 3. The molecule has 9 nitrogen and oxygen atoms in total. The number of hydrogen-bond acceptors (Lipinski definition) is 9. The average Bonchev–Trinajstić information content (AvgIpc) is 2.95. The van der Waals surface area contributed by atoms with Crippen molar-refractivity contribution in [3.63, 3.8) is 0 Å². The summed E-state index contributed by atoms with van der Waals surface area (Å²) in [5.74, 6) is 3.27. The van der Waals surface area contributed by atoms with E-state index in [0.717, 1.165) is 41.5 Å². The van der Waals surface area contributed by atoms with Crippen molar-refractivity contribution in [3.8, 4) is 40.6 Å². The largest absolute Gasteiger partial charge is 0.493 e. The maximum Gasteiger partial charge on any atom is 0.205 e. The van der Waals surface area contributed by atoms with Crippen LogP contribution in [0, 0.1) is 11.3 Å². The monoisotopic (exact) mass is 520 g/mol. The van der Waals surface area contributed by atoms with Crippen LogP contribution in [0.15, 0.2) is 52.6 Å². The van der Waals surface area contributed by atoms with Crippen LogP contribution in [-0.2, 0) is 4.74 Å². The van der Waals surface area contributed by atoms with E-state index in [2.05, 4.69) is 6.07 Å². The highest BCUT2D eigenvalue weighted by atomic mass is 16.5. The molecule has 200 valence electrons. The summed E-state index contributed by atoms with van der Waals surface area (Å²) < 4.78 is 39.6. The van der Waals surface area contributed by atoms with E-state index < -0.39 is 5.92 Å². The lowest BCUT2D eigenvalue weighted by atomic mass is 9.76. The smallest absolute Gasteiger partial charge is 0.205 e. The molecule has 0 unspecified atom stereocenters. The Balaban J connectivity index is 1.92. The second-order valence-corrected chi connectivity index (χ2v) is 8.65. The van der Waals surface area contributed by atoms with Gasteiger partial charge in [0, 0.05) is 11.1 Å². The van der Waals surface area contributed by atoms with Crippen LogP contribution in [0.4, 0.5) is 0 Å². The molecule has 1 aliphatic carbocycles. The molecule has 0 amide bonds. The summed E-state index contributed by atoms with van der Waals surface area (Å²) in [6.45, 7) is 0. The Morgan fingerprint density at radius 2 is 1.42 bits per heavy atom. The number of benzene rings is 2. The zero-order valence-electron chi connectivity index (χ0n) is 22.5. The van der Waals surface area contributed by atoms with Crippen LogP contribution >= 0.6 is 0 Å². The summed E-state index contributed by atoms with van der Waals surface area (Å²) >= 11 is 0. The molecule has 1 atom stereocenters. The molecule has 2 aliphatic rings. The molecule has 1 aliphatic heterocycles. The van der Waals surface area contributed by atoms with Crippen molar-refractivity contribution >= 4 is 6.08 Å². The van der Waals surface area contributed by atoms with Gasteiger partial charge in [-0.15, -0.1) is 0 Å². The summed E-state index contributed by atoms with van der Waals surface area (Å²) in [6, 6.07) is 9.66. The standard InChI is InChI=1S/C29H32N2O7/c1-32-21-12-10-17(25(34-3)27(21)36-5)14-16-8-7-9-18-23(20(15-30)29(31)38-24(16)18)19-11-13-22(33-2)28(37-6)26(19)35-4/h10-14,23H,7-9,31H2,1-6H3/b16-14+/t23-/m0/s1. The molecule has 38 heavy (non-hydrogen) atoms. The van der Waals surface area contributed by atoms with E-state index in [-0.39, 0.29) is 5.88 Å². The second-order valence-electron chi connectivity index (χ2n) is 8.65. The fraction of sp³-hybridized carbons (Fsp3) is 0.345. The van der Waals surface area contributed by atoms with E-state index in [9.17, 15) is 5.26 Å². The third kappa shape index (κ3) is 4.43. The molecule has 4 rings (SSSR count). The van der Waals surface area contributed by atoms with Crippen molar-refractivity contribution in [2.24, 2.45) is 5.73 Å². The molecule has 9 heteroatoms. The number of nitrogens with two attached hydrogens (primary N) is 1. The molecule has 0 bridgehead atoms. The van der Waals surface area contributed by atoms with Crippen molar-refractivity contribution < 1.29 is 33.2 Å². The van der Waals surface area contributed by atoms with Crippen LogP contribution in [0.5, 0.6) is 34.5 Å². The predicted molar refractivity (Wildman–Crippen MR) is 142 cm³/mol. The van der Waals surface area contributed by atoms with Gasteiger partial charge in [-0.1, -0.05) is 6.07 Å². The van der Waals surface area contributed by atoms with Gasteiger partial charge in [-0.2, -0.15) is 5.26 Å². The van der Waals surface area contributed by atoms with Crippen molar-refractivity contribution in [1.82, 2.24) is 0 Å². The minimum atomic E-state index is -0.477. The summed E-state index contributed by atoms with van der Waals surface area (Å²) in [5, 5.41) is 10.1. The molecule has 0 aromatic heterocycles. The van der Waals surface area contributed by atoms with Gasteiger partial charge in [-0.05, 0) is 54.7 Å². The first-order valence-corrected chi connectivity index (χ1v) is 12.1. The lowest BCUT2D eigenvalue weighted by Crippen LogP contribution is -2.24. The van der Waals surface area contributed by atoms with Crippen molar-refractivity contribution in [2.45, 2.75) is 25.2 Å². The van der Waals surface area contributed by atoms with E-state index >= 15 is 0 Å². The van der Waals surface area contributed by atoms with Crippen molar-refractivity contribution in [1.29, 1.82) is 5.26 Å². The van der Waals surface area contributed by atoms with E-state index in [1.165, 1.54) is 0 Å². The molecule has 2 aromatic rings. The molecule has 0 radical (unpaired) electrons. The van der Waals surface area contributed by atoms with Crippen molar-refractivity contribution in [3.05, 3.63) is 63.8 Å². The first kappa shape index (κ1) is 26.6. The third-order valence-electron chi connectivity index (χ3n) is 6.82. The lowest BCUT2D eigenvalue weighted by molar-refractivity contribution is 0.275. The SMILES string of the molecule is COc1ccc(/C=C2\CCCC3=C2OC(N)=C(C#N)[C@@H]3c2ccc(OC)c(OC)c2OC)c(OC)c1OC. The Labute approximate surface area is 222 Å². The number of rotatable bonds is 8. The van der Waals surface area contributed by atoms with E-state index in [1.54, 1.807) is 48.7 Å². The van der Waals surface area contributed by atoms with Crippen molar-refractivity contribution in [2.75, 3.05) is 42.7 Å². The molecule has 0 spiro atoms. The second kappa shape index (κ2) is 11.3. The minimum absolute atomic E-state index is 0.0557. The Hall–Kier alpha value is -4.45. The minimum Gasteiger partial charge on any atom is -0.493 e. The first-order chi connectivity index (χ1) is 18.5. The Morgan fingerprint density at radius 1 is 0.816 bits per heavy atom. The molecule has 0 saturated carbocycles. The molecule has 0 saturated heterocycles. The highest BCUT2D eigenvalue weighted by Crippen LogP contribution is 2.52. The zero-order chi connectivity index (χ0) is 27.4. The van der Waals surface area contributed by atoms with Gasteiger partial charge in [0.05, 0.1) is 48.6 Å². The molecular weight excluding hydrogens is 488 g/mol. The number of hydrogen-bond donors (Lipinski definition) is 1. The highest BCUT2D eigenvalue weighted by molar-refractivity contribution is 5.71. The van der Waals surface area contributed by atoms with Gasteiger partial charge in [0.25, 0.3) is 0 Å². The number of ether oxygens (including phenoxy) is 7. The Morgan fingerprint density at radius 3 is 2.00 bits per heavy atom. The fourth-order valence-electron chi connectivity index (χ4n) is 5.17. The molecule has 1 heterocycles. The van der Waals surface area contributed by atoms with Gasteiger partial charge >= 0.3 is 0 Å². The number of nitriles is 1. The third-order valence-corrected chi connectivity index (χ3v) is 6.82. The molecular formula is C29H32N2O7. The van der Waals surface area contributed by atoms with Gasteiger partial charge in [-0.3, -0.25) is 0 Å². The summed E-state index contributed by atoms with van der Waals surface area (Å²) in [6.07, 6.45) is 4.33. The fourth-order valence-corrected chi connectivity index (χ4v) is 5.17. The Kier molecular flexibility index (Phi) is 7.91. The molecule has 0 fully saturated rings. The van der Waals surface area contributed by atoms with Crippen LogP contribution in [0.3, 0.4) is 0 Å². The highest BCUT2D eigenvalue weighted by Gasteiger charge is 2.38. The molecule has 2 aromatic carbocycles. The van der Waals surface area contributed by atoms with E-state index in [0.29, 0.717) is 45.8 Å². The van der Waals surface area contributed by atoms with Crippen LogP contribution in [0.1, 0.15) is 36.3 Å². The van der Waals surface area contributed by atoms with Gasteiger partial charge in [-0.25, -0.2) is 0 Å². The van der Waals surface area contributed by atoms with Gasteiger partial charge in [0.2, 0.25) is 17.4 Å². The molecule has 2 N–H and O–H groups in total. The van der Waals surface area contributed by atoms with Gasteiger partial charge in [0.15, 0.2) is 23.0 Å². The van der Waals surface area contributed by atoms with Crippen LogP contribution in [0.25, 0.3) is 6.08 Å². The van der Waals surface area contributed by atoms with Gasteiger partial charge in [0.1, 0.15) is 17.4 Å². The topological polar surface area (TPSA) is 114 Å². The first-order valence-electron chi connectivity index (χ1n) is 12.1. The maximum atomic E-state index is 10.1. The summed E-state index contributed by atoms with van der Waals surface area (Å²) in [5.41, 5.74) is 10.1.